The van der Waals surface area contributed by atoms with Gasteiger partial charge in [-0.1, -0.05) is 36.4 Å². The number of amides is 1. The van der Waals surface area contributed by atoms with Crippen LogP contribution in [0.25, 0.3) is 0 Å². The van der Waals surface area contributed by atoms with E-state index in [1.807, 2.05) is 0 Å². The standard InChI is InChI=1S/C18H20ClFN4O4S2/c1-18(11-23-17(25)26)5-7-24(8-6-18)14-9-22-15(10-21-14)29-12-3-2-4-13(16(12)19)30(20,27)28/h2-4,9-10,23H,5-8,11H2,1H3,(H,25,26). The molecule has 1 saturated heterocycles. The number of carboxylic acid groups (broad SMARTS) is 1. The summed E-state index contributed by atoms with van der Waals surface area (Å²) < 4.78 is 35.7. The van der Waals surface area contributed by atoms with Crippen molar-refractivity contribution in [2.75, 3.05) is 24.5 Å². The van der Waals surface area contributed by atoms with E-state index in [0.29, 0.717) is 22.3 Å². The van der Waals surface area contributed by atoms with E-state index in [1.54, 1.807) is 18.5 Å². The van der Waals surface area contributed by atoms with E-state index in [0.717, 1.165) is 43.8 Å². The number of carbonyl (C=O) groups is 1. The zero-order valence-corrected chi connectivity index (χ0v) is 18.4. The lowest BCUT2D eigenvalue weighted by Gasteiger charge is -2.39. The van der Waals surface area contributed by atoms with E-state index >= 15 is 0 Å². The van der Waals surface area contributed by atoms with Gasteiger partial charge in [-0.05, 0) is 30.4 Å². The maximum Gasteiger partial charge on any atom is 0.404 e. The summed E-state index contributed by atoms with van der Waals surface area (Å²) in [6.07, 6.45) is 3.76. The van der Waals surface area contributed by atoms with Crippen LogP contribution >= 0.6 is 23.4 Å². The number of hydrogen-bond acceptors (Lipinski definition) is 7. The largest absolute Gasteiger partial charge is 0.465 e. The average molecular weight is 475 g/mol. The number of benzene rings is 1. The molecule has 0 saturated carbocycles. The molecule has 0 bridgehead atoms. The van der Waals surface area contributed by atoms with E-state index in [-0.39, 0.29) is 10.4 Å². The third-order valence-electron chi connectivity index (χ3n) is 4.98. The predicted molar refractivity (Wildman–Crippen MR) is 111 cm³/mol. The summed E-state index contributed by atoms with van der Waals surface area (Å²) in [5, 5.41) is 11.5. The molecular formula is C18H20ClFN4O4S2. The van der Waals surface area contributed by atoms with Gasteiger partial charge in [-0.2, -0.15) is 8.42 Å². The summed E-state index contributed by atoms with van der Waals surface area (Å²) >= 11 is 7.12. The third-order valence-corrected chi connectivity index (χ3v) is 7.46. The molecule has 1 aliphatic heterocycles. The highest BCUT2D eigenvalue weighted by atomic mass is 35.5. The Hall–Kier alpha value is -2.11. The van der Waals surface area contributed by atoms with E-state index in [1.165, 1.54) is 6.07 Å². The molecule has 0 unspecified atom stereocenters. The Morgan fingerprint density at radius 2 is 2.03 bits per heavy atom. The van der Waals surface area contributed by atoms with Crippen molar-refractivity contribution in [1.82, 2.24) is 15.3 Å². The topological polar surface area (TPSA) is 112 Å². The van der Waals surface area contributed by atoms with E-state index in [2.05, 4.69) is 27.1 Å². The Morgan fingerprint density at radius 3 is 2.60 bits per heavy atom. The van der Waals surface area contributed by atoms with Gasteiger partial charge in [-0.3, -0.25) is 0 Å². The molecule has 1 fully saturated rings. The summed E-state index contributed by atoms with van der Waals surface area (Å²) in [6, 6.07) is 4.09. The first-order valence-corrected chi connectivity index (χ1v) is 11.6. The molecule has 1 aromatic carbocycles. The van der Waals surface area contributed by atoms with E-state index in [4.69, 9.17) is 16.7 Å². The molecule has 12 heteroatoms. The molecule has 0 spiro atoms. The van der Waals surface area contributed by atoms with Crippen LogP contribution in [-0.4, -0.2) is 49.2 Å². The van der Waals surface area contributed by atoms with Gasteiger partial charge in [-0.15, -0.1) is 3.89 Å². The van der Waals surface area contributed by atoms with Crippen LogP contribution < -0.4 is 10.2 Å². The van der Waals surface area contributed by atoms with Gasteiger partial charge >= 0.3 is 16.3 Å². The van der Waals surface area contributed by atoms with Crippen molar-refractivity contribution in [3.63, 3.8) is 0 Å². The number of hydrogen-bond donors (Lipinski definition) is 2. The number of nitrogens with one attached hydrogen (secondary N) is 1. The van der Waals surface area contributed by atoms with Gasteiger partial charge in [0, 0.05) is 24.5 Å². The highest BCUT2D eigenvalue weighted by molar-refractivity contribution is 7.99. The average Bonchev–Trinajstić information content (AvgIpc) is 2.69. The van der Waals surface area contributed by atoms with Gasteiger partial charge in [0.1, 0.15) is 15.7 Å². The van der Waals surface area contributed by atoms with Crippen molar-refractivity contribution in [3.8, 4) is 0 Å². The van der Waals surface area contributed by atoms with Crippen LogP contribution in [0.5, 0.6) is 0 Å². The smallest absolute Gasteiger partial charge is 0.404 e. The van der Waals surface area contributed by atoms with Crippen molar-refractivity contribution < 1.29 is 22.2 Å². The quantitative estimate of drug-likeness (QED) is 0.607. The zero-order chi connectivity index (χ0) is 21.9. The summed E-state index contributed by atoms with van der Waals surface area (Å²) in [4.78, 5) is 21.3. The molecule has 2 aromatic rings. The van der Waals surface area contributed by atoms with Crippen LogP contribution in [0.15, 0.2) is 45.4 Å². The minimum absolute atomic E-state index is 0.101. The fraction of sp³-hybridized carbons (Fsp3) is 0.389. The minimum Gasteiger partial charge on any atom is -0.465 e. The predicted octanol–water partition coefficient (Wildman–Crippen LogP) is 3.81. The molecule has 2 N–H and O–H groups in total. The lowest BCUT2D eigenvalue weighted by Crippen LogP contribution is -2.44. The molecule has 0 atom stereocenters. The second-order valence-corrected chi connectivity index (χ2v) is 10.0. The number of piperidine rings is 1. The molecule has 3 rings (SSSR count). The van der Waals surface area contributed by atoms with Gasteiger partial charge in [0.2, 0.25) is 0 Å². The highest BCUT2D eigenvalue weighted by Gasteiger charge is 2.31. The van der Waals surface area contributed by atoms with Gasteiger partial charge in [0.25, 0.3) is 0 Å². The first-order valence-electron chi connectivity index (χ1n) is 9.02. The van der Waals surface area contributed by atoms with E-state index < -0.39 is 21.2 Å². The Labute approximate surface area is 183 Å². The number of halogens is 2. The lowest BCUT2D eigenvalue weighted by molar-refractivity contribution is 0.178. The third kappa shape index (κ3) is 5.52. The number of rotatable bonds is 6. The molecule has 0 aliphatic carbocycles. The van der Waals surface area contributed by atoms with Crippen molar-refractivity contribution in [2.24, 2.45) is 5.41 Å². The highest BCUT2D eigenvalue weighted by Crippen LogP contribution is 2.37. The van der Waals surface area contributed by atoms with Crippen molar-refractivity contribution >= 4 is 45.5 Å². The molecule has 30 heavy (non-hydrogen) atoms. The maximum atomic E-state index is 13.3. The molecule has 1 aromatic heterocycles. The fourth-order valence-electron chi connectivity index (χ4n) is 3.14. The Morgan fingerprint density at radius 1 is 1.33 bits per heavy atom. The molecular weight excluding hydrogens is 455 g/mol. The van der Waals surface area contributed by atoms with Crippen molar-refractivity contribution in [2.45, 2.75) is 34.6 Å². The van der Waals surface area contributed by atoms with E-state index in [9.17, 15) is 17.1 Å². The van der Waals surface area contributed by atoms with Crippen LogP contribution in [0.2, 0.25) is 5.02 Å². The first kappa shape index (κ1) is 22.6. The van der Waals surface area contributed by atoms with Gasteiger partial charge < -0.3 is 15.3 Å². The van der Waals surface area contributed by atoms with Crippen LogP contribution in [0.4, 0.5) is 14.5 Å². The monoisotopic (exact) mass is 474 g/mol. The van der Waals surface area contributed by atoms with Crippen molar-refractivity contribution in [3.05, 3.63) is 35.6 Å². The molecule has 8 nitrogen and oxygen atoms in total. The minimum atomic E-state index is -4.91. The van der Waals surface area contributed by atoms with Gasteiger partial charge in [-0.25, -0.2) is 14.8 Å². The first-order chi connectivity index (χ1) is 14.1. The fourth-order valence-corrected chi connectivity index (χ4v) is 5.07. The Bertz CT molecular complexity index is 1030. The SMILES string of the molecule is CC1(CNC(=O)O)CCN(c2cnc(Sc3cccc(S(=O)(=O)F)c3Cl)cn2)CC1. The molecule has 0 radical (unpaired) electrons. The Balaban J connectivity index is 1.65. The summed E-state index contributed by atoms with van der Waals surface area (Å²) in [7, 11) is -4.91. The van der Waals surface area contributed by atoms with Gasteiger partial charge in [0.05, 0.1) is 17.4 Å². The molecule has 162 valence electrons. The summed E-state index contributed by atoms with van der Waals surface area (Å²) in [6.45, 7) is 3.91. The second kappa shape index (κ2) is 8.94. The van der Waals surface area contributed by atoms with Crippen LogP contribution in [0.1, 0.15) is 19.8 Å². The van der Waals surface area contributed by atoms with Crippen molar-refractivity contribution in [1.29, 1.82) is 0 Å². The van der Waals surface area contributed by atoms with Crippen LogP contribution in [0, 0.1) is 5.41 Å². The summed E-state index contributed by atoms with van der Waals surface area (Å²) in [5.74, 6) is 0.693. The lowest BCUT2D eigenvalue weighted by atomic mass is 9.80. The molecule has 1 amide bonds. The number of aromatic nitrogens is 2. The van der Waals surface area contributed by atoms with Crippen LogP contribution in [-0.2, 0) is 10.2 Å². The van der Waals surface area contributed by atoms with Crippen LogP contribution in [0.3, 0.4) is 0 Å². The normalized spacial score (nSPS) is 16.3. The zero-order valence-electron chi connectivity index (χ0n) is 16.0. The number of nitrogens with zero attached hydrogens (tertiary/aromatic N) is 3. The number of anilines is 1. The summed E-state index contributed by atoms with van der Waals surface area (Å²) in [5.41, 5.74) is -0.101. The Kier molecular flexibility index (Phi) is 6.73. The molecule has 1 aliphatic rings. The van der Waals surface area contributed by atoms with Gasteiger partial charge in [0.15, 0.2) is 0 Å². The molecule has 2 heterocycles. The maximum absolute atomic E-state index is 13.3. The second-order valence-electron chi connectivity index (χ2n) is 7.28.